The van der Waals surface area contributed by atoms with Crippen molar-refractivity contribution in [1.82, 2.24) is 5.32 Å². The van der Waals surface area contributed by atoms with Gasteiger partial charge in [-0.1, -0.05) is 18.2 Å². The van der Waals surface area contributed by atoms with Crippen LogP contribution in [0.5, 0.6) is 0 Å². The number of nitrogens with zero attached hydrogens (tertiary/aromatic N) is 1. The SMILES string of the molecule is CC(=O)N1CC2(CCCNC2)Cc2ccccc21. The summed E-state index contributed by atoms with van der Waals surface area (Å²) >= 11 is 0. The Morgan fingerprint density at radius 3 is 2.94 bits per heavy atom. The van der Waals surface area contributed by atoms with Crippen molar-refractivity contribution >= 4 is 11.6 Å². The fourth-order valence-corrected chi connectivity index (χ4v) is 3.40. The zero-order chi connectivity index (χ0) is 12.6. The number of rotatable bonds is 0. The normalized spacial score (nSPS) is 27.1. The van der Waals surface area contributed by atoms with E-state index in [1.54, 1.807) is 6.92 Å². The van der Waals surface area contributed by atoms with Crippen LogP contribution in [-0.4, -0.2) is 25.5 Å². The van der Waals surface area contributed by atoms with E-state index in [1.807, 2.05) is 11.0 Å². The molecule has 2 aliphatic rings. The molecule has 1 atom stereocenters. The molecule has 2 aliphatic heterocycles. The molecule has 1 unspecified atom stereocenters. The molecule has 3 nitrogen and oxygen atoms in total. The van der Waals surface area contributed by atoms with Crippen molar-refractivity contribution in [3.8, 4) is 0 Å². The van der Waals surface area contributed by atoms with Crippen LogP contribution >= 0.6 is 0 Å². The third-order valence-corrected chi connectivity index (χ3v) is 4.28. The molecule has 1 fully saturated rings. The Balaban J connectivity index is 1.99. The van der Waals surface area contributed by atoms with Gasteiger partial charge in [0.2, 0.25) is 5.91 Å². The lowest BCUT2D eigenvalue weighted by molar-refractivity contribution is -0.117. The molecule has 1 N–H and O–H groups in total. The number of amides is 1. The van der Waals surface area contributed by atoms with E-state index in [-0.39, 0.29) is 11.3 Å². The van der Waals surface area contributed by atoms with E-state index in [0.29, 0.717) is 0 Å². The van der Waals surface area contributed by atoms with Gasteiger partial charge in [-0.05, 0) is 37.4 Å². The quantitative estimate of drug-likeness (QED) is 0.756. The van der Waals surface area contributed by atoms with Crippen LogP contribution in [0.15, 0.2) is 24.3 Å². The highest BCUT2D eigenvalue weighted by molar-refractivity contribution is 5.93. The number of benzene rings is 1. The van der Waals surface area contributed by atoms with E-state index >= 15 is 0 Å². The zero-order valence-electron chi connectivity index (χ0n) is 10.9. The van der Waals surface area contributed by atoms with E-state index in [1.165, 1.54) is 18.4 Å². The van der Waals surface area contributed by atoms with Crippen LogP contribution in [0.3, 0.4) is 0 Å². The Kier molecular flexibility index (Phi) is 2.86. The number of piperidine rings is 1. The van der Waals surface area contributed by atoms with Gasteiger partial charge in [0.05, 0.1) is 0 Å². The van der Waals surface area contributed by atoms with Gasteiger partial charge in [0.25, 0.3) is 0 Å². The van der Waals surface area contributed by atoms with Crippen molar-refractivity contribution in [3.05, 3.63) is 29.8 Å². The first kappa shape index (κ1) is 11.7. The first-order valence-corrected chi connectivity index (χ1v) is 6.77. The van der Waals surface area contributed by atoms with Crippen LogP contribution in [0.4, 0.5) is 5.69 Å². The second kappa shape index (κ2) is 4.39. The number of anilines is 1. The average Bonchev–Trinajstić information content (AvgIpc) is 2.38. The van der Waals surface area contributed by atoms with Gasteiger partial charge in [0.15, 0.2) is 0 Å². The summed E-state index contributed by atoms with van der Waals surface area (Å²) in [5.74, 6) is 0.159. The molecule has 2 heterocycles. The topological polar surface area (TPSA) is 32.3 Å². The van der Waals surface area contributed by atoms with Crippen LogP contribution in [0, 0.1) is 5.41 Å². The predicted molar refractivity (Wildman–Crippen MR) is 72.7 cm³/mol. The fourth-order valence-electron chi connectivity index (χ4n) is 3.40. The molecular weight excluding hydrogens is 224 g/mol. The highest BCUT2D eigenvalue weighted by Crippen LogP contribution is 2.40. The summed E-state index contributed by atoms with van der Waals surface area (Å²) in [5.41, 5.74) is 2.68. The molecule has 0 aromatic heterocycles. The average molecular weight is 244 g/mol. The van der Waals surface area contributed by atoms with Crippen LogP contribution < -0.4 is 10.2 Å². The van der Waals surface area contributed by atoms with Crippen LogP contribution in [0.2, 0.25) is 0 Å². The molecule has 3 heteroatoms. The lowest BCUT2D eigenvalue weighted by Gasteiger charge is -2.45. The van der Waals surface area contributed by atoms with Crippen molar-refractivity contribution in [2.75, 3.05) is 24.5 Å². The molecule has 96 valence electrons. The van der Waals surface area contributed by atoms with Gasteiger partial charge < -0.3 is 10.2 Å². The molecule has 1 amide bonds. The number of nitrogens with one attached hydrogen (secondary N) is 1. The minimum atomic E-state index is 0.159. The van der Waals surface area contributed by atoms with E-state index in [9.17, 15) is 4.79 Å². The predicted octanol–water partition coefficient (Wildman–Crippen LogP) is 1.97. The first-order chi connectivity index (χ1) is 8.70. The van der Waals surface area contributed by atoms with Gasteiger partial charge in [-0.2, -0.15) is 0 Å². The van der Waals surface area contributed by atoms with Crippen molar-refractivity contribution in [1.29, 1.82) is 0 Å². The second-order valence-electron chi connectivity index (χ2n) is 5.69. The van der Waals surface area contributed by atoms with E-state index in [4.69, 9.17) is 0 Å². The Morgan fingerprint density at radius 2 is 2.22 bits per heavy atom. The van der Waals surface area contributed by atoms with Crippen molar-refractivity contribution < 1.29 is 4.79 Å². The Bertz CT molecular complexity index is 463. The minimum absolute atomic E-state index is 0.159. The van der Waals surface area contributed by atoms with Gasteiger partial charge in [-0.25, -0.2) is 0 Å². The van der Waals surface area contributed by atoms with Crippen molar-refractivity contribution in [3.63, 3.8) is 0 Å². The summed E-state index contributed by atoms with van der Waals surface area (Å²) in [6.45, 7) is 4.69. The lowest BCUT2D eigenvalue weighted by atomic mass is 9.72. The van der Waals surface area contributed by atoms with Crippen molar-refractivity contribution in [2.45, 2.75) is 26.2 Å². The Morgan fingerprint density at radius 1 is 1.39 bits per heavy atom. The zero-order valence-corrected chi connectivity index (χ0v) is 10.9. The van der Waals surface area contributed by atoms with Crippen LogP contribution in [0.1, 0.15) is 25.3 Å². The van der Waals surface area contributed by atoms with Crippen molar-refractivity contribution in [2.24, 2.45) is 5.41 Å². The van der Waals surface area contributed by atoms with Gasteiger partial charge >= 0.3 is 0 Å². The number of hydrogen-bond acceptors (Lipinski definition) is 2. The molecule has 0 aliphatic carbocycles. The number of carbonyl (C=O) groups excluding carboxylic acids is 1. The molecule has 1 spiro atoms. The Labute approximate surface area is 108 Å². The third kappa shape index (κ3) is 1.93. The van der Waals surface area contributed by atoms with E-state index in [0.717, 1.165) is 31.7 Å². The lowest BCUT2D eigenvalue weighted by Crippen LogP contribution is -2.52. The maximum atomic E-state index is 11.9. The molecule has 18 heavy (non-hydrogen) atoms. The number of fused-ring (bicyclic) bond motifs is 1. The first-order valence-electron chi connectivity index (χ1n) is 6.77. The molecule has 1 aromatic rings. The molecular formula is C15H20N2O. The van der Waals surface area contributed by atoms with Gasteiger partial charge in [-0.15, -0.1) is 0 Å². The molecule has 3 rings (SSSR count). The van der Waals surface area contributed by atoms with Crippen LogP contribution in [-0.2, 0) is 11.2 Å². The number of hydrogen-bond donors (Lipinski definition) is 1. The number of para-hydroxylation sites is 1. The minimum Gasteiger partial charge on any atom is -0.316 e. The van der Waals surface area contributed by atoms with E-state index in [2.05, 4.69) is 23.5 Å². The van der Waals surface area contributed by atoms with Gasteiger partial charge in [-0.3, -0.25) is 4.79 Å². The maximum Gasteiger partial charge on any atom is 0.223 e. The summed E-state index contributed by atoms with van der Waals surface area (Å²) in [7, 11) is 0. The van der Waals surface area contributed by atoms with E-state index < -0.39 is 0 Å². The molecule has 1 saturated heterocycles. The van der Waals surface area contributed by atoms with Gasteiger partial charge in [0, 0.05) is 31.1 Å². The maximum absolute atomic E-state index is 11.9. The summed E-state index contributed by atoms with van der Waals surface area (Å²) in [5, 5.41) is 3.50. The summed E-state index contributed by atoms with van der Waals surface area (Å²) in [6.07, 6.45) is 3.53. The molecule has 1 aromatic carbocycles. The fraction of sp³-hybridized carbons (Fsp3) is 0.533. The van der Waals surface area contributed by atoms with Gasteiger partial charge in [0.1, 0.15) is 0 Å². The summed E-state index contributed by atoms with van der Waals surface area (Å²) < 4.78 is 0. The molecule has 0 radical (unpaired) electrons. The third-order valence-electron chi connectivity index (χ3n) is 4.28. The summed E-state index contributed by atoms with van der Waals surface area (Å²) in [4.78, 5) is 13.9. The smallest absolute Gasteiger partial charge is 0.223 e. The van der Waals surface area contributed by atoms with Crippen LogP contribution in [0.25, 0.3) is 0 Å². The Hall–Kier alpha value is -1.35. The highest BCUT2D eigenvalue weighted by Gasteiger charge is 2.39. The summed E-state index contributed by atoms with van der Waals surface area (Å²) in [6, 6.07) is 8.33. The molecule has 0 bridgehead atoms. The molecule has 0 saturated carbocycles. The highest BCUT2D eigenvalue weighted by atomic mass is 16.2. The number of carbonyl (C=O) groups is 1. The second-order valence-corrected chi connectivity index (χ2v) is 5.69. The standard InChI is InChI=1S/C15H20N2O/c1-12(18)17-11-15(7-4-8-16-10-15)9-13-5-2-3-6-14(13)17/h2-3,5-6,16H,4,7-11H2,1H3. The monoisotopic (exact) mass is 244 g/mol. The largest absolute Gasteiger partial charge is 0.316 e.